The third-order valence-electron chi connectivity index (χ3n) is 4.89. The molecule has 0 unspecified atom stereocenters. The number of pyridine rings is 1. The van der Waals surface area contributed by atoms with E-state index in [4.69, 9.17) is 21.3 Å². The van der Waals surface area contributed by atoms with Crippen LogP contribution in [0.2, 0.25) is 5.02 Å². The van der Waals surface area contributed by atoms with Gasteiger partial charge in [0.15, 0.2) is 5.16 Å². The molecule has 33 heavy (non-hydrogen) atoms. The topological polar surface area (TPSA) is 78.5 Å². The lowest BCUT2D eigenvalue weighted by Crippen LogP contribution is -2.24. The van der Waals surface area contributed by atoms with E-state index in [2.05, 4.69) is 20.9 Å². The molecule has 172 valence electrons. The number of nitrogens with zero attached hydrogens (tertiary/aromatic N) is 4. The van der Waals surface area contributed by atoms with Crippen LogP contribution in [0.3, 0.4) is 0 Å². The monoisotopic (exact) mass is 548 g/mol. The maximum atomic E-state index is 13.2. The van der Waals surface area contributed by atoms with Crippen molar-refractivity contribution in [3.05, 3.63) is 78.5 Å². The summed E-state index contributed by atoms with van der Waals surface area (Å²) < 4.78 is 9.57. The molecular weight excluding hydrogens is 528 g/mol. The van der Waals surface area contributed by atoms with Gasteiger partial charge >= 0.3 is 0 Å². The summed E-state index contributed by atoms with van der Waals surface area (Å²) in [4.78, 5) is 35.0. The zero-order valence-corrected chi connectivity index (χ0v) is 21.3. The SMILES string of the molecule is CC(C)OCCCn1c(SCc2cc(=O)n3cc(Br)ccc3n2)nc2cc(Cl)ccc2c1=O. The predicted molar refractivity (Wildman–Crippen MR) is 135 cm³/mol. The number of hydrogen-bond donors (Lipinski definition) is 0. The molecule has 3 aromatic heterocycles. The van der Waals surface area contributed by atoms with Crippen molar-refractivity contribution in [3.8, 4) is 0 Å². The fourth-order valence-corrected chi connectivity index (χ4v) is 4.78. The third kappa shape index (κ3) is 5.66. The molecule has 0 aliphatic rings. The Labute approximate surface area is 207 Å². The number of thioether (sulfide) groups is 1. The minimum absolute atomic E-state index is 0.125. The lowest BCUT2D eigenvalue weighted by molar-refractivity contribution is 0.0743. The Hall–Kier alpha value is -2.20. The minimum Gasteiger partial charge on any atom is -0.379 e. The van der Waals surface area contributed by atoms with Gasteiger partial charge in [-0.1, -0.05) is 23.4 Å². The number of fused-ring (bicyclic) bond motifs is 2. The van der Waals surface area contributed by atoms with Crippen LogP contribution in [0, 0.1) is 0 Å². The van der Waals surface area contributed by atoms with E-state index >= 15 is 0 Å². The summed E-state index contributed by atoms with van der Waals surface area (Å²) in [5.41, 5.74) is 1.42. The van der Waals surface area contributed by atoms with Crippen molar-refractivity contribution in [1.29, 1.82) is 0 Å². The summed E-state index contributed by atoms with van der Waals surface area (Å²) in [5, 5.41) is 1.59. The van der Waals surface area contributed by atoms with Gasteiger partial charge in [0.1, 0.15) is 5.65 Å². The molecule has 0 amide bonds. The maximum Gasteiger partial charge on any atom is 0.262 e. The highest BCUT2D eigenvalue weighted by Crippen LogP contribution is 2.23. The molecule has 0 aliphatic carbocycles. The second-order valence-corrected chi connectivity index (χ2v) is 10.0. The first-order valence-corrected chi connectivity index (χ1v) is 12.6. The van der Waals surface area contributed by atoms with Crippen LogP contribution in [0.4, 0.5) is 0 Å². The van der Waals surface area contributed by atoms with Crippen molar-refractivity contribution in [3.63, 3.8) is 0 Å². The zero-order valence-electron chi connectivity index (χ0n) is 18.1. The van der Waals surface area contributed by atoms with Crippen molar-refractivity contribution in [2.24, 2.45) is 0 Å². The first-order chi connectivity index (χ1) is 15.8. The summed E-state index contributed by atoms with van der Waals surface area (Å²) in [5.74, 6) is 0.392. The molecular formula is C23H22BrClN4O3S. The standard InChI is InChI=1S/C23H22BrClN4O3S/c1-14(2)32-9-3-8-28-22(31)18-6-5-16(25)10-19(18)27-23(28)33-13-17-11-21(30)29-12-15(24)4-7-20(29)26-17/h4-7,10-12,14H,3,8-9,13H2,1-2H3. The van der Waals surface area contributed by atoms with Crippen molar-refractivity contribution >= 4 is 55.8 Å². The highest BCUT2D eigenvalue weighted by Gasteiger charge is 2.13. The summed E-state index contributed by atoms with van der Waals surface area (Å²) >= 11 is 10.9. The average molecular weight is 550 g/mol. The van der Waals surface area contributed by atoms with Gasteiger partial charge in [0.05, 0.1) is 22.7 Å². The quantitative estimate of drug-likeness (QED) is 0.176. The van der Waals surface area contributed by atoms with E-state index in [0.29, 0.717) is 57.7 Å². The molecule has 1 aromatic carbocycles. The molecule has 0 spiro atoms. The van der Waals surface area contributed by atoms with Gasteiger partial charge in [0.25, 0.3) is 11.1 Å². The summed E-state index contributed by atoms with van der Waals surface area (Å²) in [6, 6.07) is 10.2. The van der Waals surface area contributed by atoms with Crippen molar-refractivity contribution in [2.45, 2.75) is 43.8 Å². The van der Waals surface area contributed by atoms with Gasteiger partial charge in [-0.3, -0.25) is 18.6 Å². The number of aromatic nitrogens is 4. The lowest BCUT2D eigenvalue weighted by atomic mass is 10.2. The zero-order chi connectivity index (χ0) is 23.5. The molecule has 0 fully saturated rings. The highest BCUT2D eigenvalue weighted by molar-refractivity contribution is 9.10. The van der Waals surface area contributed by atoms with Crippen LogP contribution < -0.4 is 11.1 Å². The van der Waals surface area contributed by atoms with Gasteiger partial charge in [0.2, 0.25) is 0 Å². The van der Waals surface area contributed by atoms with Gasteiger partial charge < -0.3 is 4.74 Å². The molecule has 0 aliphatic heterocycles. The Balaban J connectivity index is 1.66. The van der Waals surface area contributed by atoms with E-state index in [1.807, 2.05) is 19.9 Å². The Morgan fingerprint density at radius 1 is 1.15 bits per heavy atom. The van der Waals surface area contributed by atoms with Crippen LogP contribution in [-0.4, -0.2) is 31.6 Å². The Morgan fingerprint density at radius 2 is 1.97 bits per heavy atom. The largest absolute Gasteiger partial charge is 0.379 e. The molecule has 10 heteroatoms. The Kier molecular flexibility index (Phi) is 7.53. The number of ether oxygens (including phenoxy) is 1. The smallest absolute Gasteiger partial charge is 0.262 e. The normalized spacial score (nSPS) is 11.7. The third-order valence-corrected chi connectivity index (χ3v) is 6.60. The molecule has 0 N–H and O–H groups in total. The lowest BCUT2D eigenvalue weighted by Gasteiger charge is -2.14. The van der Waals surface area contributed by atoms with Crippen LogP contribution in [-0.2, 0) is 17.0 Å². The van der Waals surface area contributed by atoms with Gasteiger partial charge in [-0.05, 0) is 66.5 Å². The molecule has 0 saturated carbocycles. The van der Waals surface area contributed by atoms with Crippen LogP contribution in [0.1, 0.15) is 26.0 Å². The number of benzene rings is 1. The molecule has 4 aromatic rings. The second kappa shape index (κ2) is 10.4. The van der Waals surface area contributed by atoms with E-state index in [1.165, 1.54) is 22.2 Å². The van der Waals surface area contributed by atoms with Crippen LogP contribution >= 0.6 is 39.3 Å². The van der Waals surface area contributed by atoms with Crippen LogP contribution in [0.15, 0.2) is 61.8 Å². The predicted octanol–water partition coefficient (Wildman–Crippen LogP) is 4.93. The summed E-state index contributed by atoms with van der Waals surface area (Å²) in [6.07, 6.45) is 2.50. The molecule has 0 atom stereocenters. The van der Waals surface area contributed by atoms with E-state index in [-0.39, 0.29) is 17.2 Å². The first kappa shape index (κ1) is 23.9. The summed E-state index contributed by atoms with van der Waals surface area (Å²) in [6.45, 7) is 4.98. The Bertz CT molecular complexity index is 1440. The van der Waals surface area contributed by atoms with Gasteiger partial charge in [-0.15, -0.1) is 0 Å². The number of halogens is 2. The van der Waals surface area contributed by atoms with Gasteiger partial charge in [-0.2, -0.15) is 0 Å². The van der Waals surface area contributed by atoms with Gasteiger partial charge in [-0.25, -0.2) is 9.97 Å². The summed E-state index contributed by atoms with van der Waals surface area (Å²) in [7, 11) is 0. The van der Waals surface area contributed by atoms with Crippen LogP contribution in [0.25, 0.3) is 16.6 Å². The van der Waals surface area contributed by atoms with E-state index in [0.717, 1.165) is 4.47 Å². The minimum atomic E-state index is -0.168. The van der Waals surface area contributed by atoms with Crippen LogP contribution in [0.5, 0.6) is 0 Å². The van der Waals surface area contributed by atoms with Crippen molar-refractivity contribution in [1.82, 2.24) is 18.9 Å². The van der Waals surface area contributed by atoms with E-state index < -0.39 is 0 Å². The first-order valence-electron chi connectivity index (χ1n) is 10.4. The maximum absolute atomic E-state index is 13.2. The molecule has 0 radical (unpaired) electrons. The van der Waals surface area contributed by atoms with E-state index in [1.54, 1.807) is 35.0 Å². The number of hydrogen-bond acceptors (Lipinski definition) is 6. The fraction of sp³-hybridized carbons (Fsp3) is 0.304. The number of rotatable bonds is 8. The molecule has 3 heterocycles. The van der Waals surface area contributed by atoms with E-state index in [9.17, 15) is 9.59 Å². The average Bonchev–Trinajstić information content (AvgIpc) is 2.76. The molecule has 4 rings (SSSR count). The molecule has 0 saturated heterocycles. The molecule has 7 nitrogen and oxygen atoms in total. The van der Waals surface area contributed by atoms with Crippen molar-refractivity contribution in [2.75, 3.05) is 6.61 Å². The van der Waals surface area contributed by atoms with Crippen molar-refractivity contribution < 1.29 is 4.74 Å². The fourth-order valence-electron chi connectivity index (χ4n) is 3.36. The highest BCUT2D eigenvalue weighted by atomic mass is 79.9. The van der Waals surface area contributed by atoms with Gasteiger partial charge in [0, 0.05) is 40.7 Å². The second-order valence-electron chi connectivity index (χ2n) is 7.74. The Morgan fingerprint density at radius 3 is 2.76 bits per heavy atom. The molecule has 0 bridgehead atoms.